The smallest absolute Gasteiger partial charge is 0.346 e. The van der Waals surface area contributed by atoms with Gasteiger partial charge in [-0.05, 0) is 6.92 Å². The molecule has 0 saturated carbocycles. The Balaban J connectivity index is 2.33. The molecule has 116 valence electrons. The molecule has 0 bridgehead atoms. The molecular weight excluding hydrogens is 303 g/mol. The van der Waals surface area contributed by atoms with Gasteiger partial charge in [0.25, 0.3) is 5.56 Å². The highest BCUT2D eigenvalue weighted by atomic mass is 19.4. The average Bonchev–Trinajstić information content (AvgIpc) is 2.71. The fraction of sp³-hybridized carbons (Fsp3) is 0.333. The van der Waals surface area contributed by atoms with E-state index >= 15 is 0 Å². The molecule has 7 nitrogen and oxygen atoms in total. The number of halogens is 3. The van der Waals surface area contributed by atoms with Gasteiger partial charge in [0.2, 0.25) is 0 Å². The van der Waals surface area contributed by atoms with Crippen LogP contribution in [0.5, 0.6) is 0 Å². The van der Waals surface area contributed by atoms with Crippen LogP contribution in [-0.2, 0) is 11.3 Å². The van der Waals surface area contributed by atoms with Crippen molar-refractivity contribution in [3.63, 3.8) is 0 Å². The number of rotatable bonds is 3. The Morgan fingerprint density at radius 3 is 2.82 bits per heavy atom. The van der Waals surface area contributed by atoms with Crippen molar-refractivity contribution in [2.24, 2.45) is 0 Å². The third-order valence-corrected chi connectivity index (χ3v) is 3.09. The predicted molar refractivity (Wildman–Crippen MR) is 68.9 cm³/mol. The molecule has 2 rings (SSSR count). The Labute approximate surface area is 121 Å². The van der Waals surface area contributed by atoms with Gasteiger partial charge in [-0.15, -0.1) is 0 Å². The van der Waals surface area contributed by atoms with E-state index in [-0.39, 0.29) is 29.7 Å². The molecule has 2 aromatic heterocycles. The summed E-state index contributed by atoms with van der Waals surface area (Å²) in [6.45, 7) is 1.11. The Morgan fingerprint density at radius 1 is 1.55 bits per heavy atom. The molecule has 2 aromatic rings. The number of H-pyrrole nitrogens is 1. The van der Waals surface area contributed by atoms with Crippen LogP contribution in [0.4, 0.5) is 13.2 Å². The normalized spacial score (nSPS) is 11.4. The number of nitrogens with zero attached hydrogens (tertiary/aromatic N) is 3. The van der Waals surface area contributed by atoms with Gasteiger partial charge in [0.05, 0.1) is 11.9 Å². The summed E-state index contributed by atoms with van der Waals surface area (Å²) in [6, 6.07) is 1.91. The SMILES string of the molecule is Cc1c(C#N)c2nc[nH]c(=O)c2n1CCNC(=O)C(F)(F)F. The van der Waals surface area contributed by atoms with Crippen molar-refractivity contribution in [3.05, 3.63) is 27.9 Å². The zero-order chi connectivity index (χ0) is 16.5. The van der Waals surface area contributed by atoms with Crippen LogP contribution >= 0.6 is 0 Å². The average molecular weight is 313 g/mol. The molecule has 2 N–H and O–H groups in total. The second-order valence-electron chi connectivity index (χ2n) is 4.41. The Bertz CT molecular complexity index is 828. The van der Waals surface area contributed by atoms with Crippen LogP contribution in [0.15, 0.2) is 11.1 Å². The minimum Gasteiger partial charge on any atom is -0.346 e. The van der Waals surface area contributed by atoms with Crippen LogP contribution in [0.2, 0.25) is 0 Å². The summed E-state index contributed by atoms with van der Waals surface area (Å²) in [7, 11) is 0. The van der Waals surface area contributed by atoms with Gasteiger partial charge in [-0.25, -0.2) is 4.98 Å². The van der Waals surface area contributed by atoms with Gasteiger partial charge in [0.1, 0.15) is 17.1 Å². The van der Waals surface area contributed by atoms with Crippen molar-refractivity contribution in [1.29, 1.82) is 5.26 Å². The van der Waals surface area contributed by atoms with Crippen molar-refractivity contribution >= 4 is 16.9 Å². The molecule has 0 unspecified atom stereocenters. The van der Waals surface area contributed by atoms with E-state index in [1.54, 1.807) is 12.2 Å². The van der Waals surface area contributed by atoms with Gasteiger partial charge in [-0.2, -0.15) is 18.4 Å². The minimum atomic E-state index is -4.97. The van der Waals surface area contributed by atoms with Crippen molar-refractivity contribution < 1.29 is 18.0 Å². The third kappa shape index (κ3) is 2.65. The monoisotopic (exact) mass is 313 g/mol. The lowest BCUT2D eigenvalue weighted by Crippen LogP contribution is -2.38. The van der Waals surface area contributed by atoms with E-state index in [2.05, 4.69) is 9.97 Å². The zero-order valence-corrected chi connectivity index (χ0v) is 11.3. The molecular formula is C12H10F3N5O2. The van der Waals surface area contributed by atoms with E-state index in [9.17, 15) is 22.8 Å². The summed E-state index contributed by atoms with van der Waals surface area (Å²) in [5, 5.41) is 10.8. The van der Waals surface area contributed by atoms with Crippen LogP contribution in [0.3, 0.4) is 0 Å². The summed E-state index contributed by atoms with van der Waals surface area (Å²) < 4.78 is 37.7. The third-order valence-electron chi connectivity index (χ3n) is 3.09. The number of nitriles is 1. The molecule has 0 saturated heterocycles. The highest BCUT2D eigenvalue weighted by Gasteiger charge is 2.38. The number of fused-ring (bicyclic) bond motifs is 1. The Kier molecular flexibility index (Phi) is 3.90. The molecule has 2 heterocycles. The van der Waals surface area contributed by atoms with Crippen LogP contribution < -0.4 is 10.9 Å². The maximum Gasteiger partial charge on any atom is 0.471 e. The molecule has 0 fully saturated rings. The number of nitrogens with one attached hydrogen (secondary N) is 2. The van der Waals surface area contributed by atoms with Crippen molar-refractivity contribution in [1.82, 2.24) is 19.9 Å². The molecule has 1 amide bonds. The van der Waals surface area contributed by atoms with E-state index in [4.69, 9.17) is 5.26 Å². The first-order valence-corrected chi connectivity index (χ1v) is 6.09. The summed E-state index contributed by atoms with van der Waals surface area (Å²) in [4.78, 5) is 28.8. The van der Waals surface area contributed by atoms with Crippen LogP contribution in [0.1, 0.15) is 11.3 Å². The van der Waals surface area contributed by atoms with E-state index in [0.29, 0.717) is 5.69 Å². The number of hydrogen-bond donors (Lipinski definition) is 2. The Hall–Kier alpha value is -2.83. The lowest BCUT2D eigenvalue weighted by molar-refractivity contribution is -0.173. The molecule has 0 radical (unpaired) electrons. The lowest BCUT2D eigenvalue weighted by Gasteiger charge is -2.10. The van der Waals surface area contributed by atoms with Gasteiger partial charge < -0.3 is 14.9 Å². The van der Waals surface area contributed by atoms with Gasteiger partial charge in [-0.3, -0.25) is 9.59 Å². The zero-order valence-electron chi connectivity index (χ0n) is 11.3. The molecule has 0 aliphatic heterocycles. The molecule has 10 heteroatoms. The molecule has 0 atom stereocenters. The highest BCUT2D eigenvalue weighted by Crippen LogP contribution is 2.20. The standard InChI is InChI=1S/C12H10F3N5O2/c1-6-7(4-16)8-9(10(21)19-5-18-8)20(6)3-2-17-11(22)12(13,14)15/h5H,2-3H2,1H3,(H,17,22)(H,18,19,21). The summed E-state index contributed by atoms with van der Waals surface area (Å²) in [5.74, 6) is -2.06. The molecule has 0 aliphatic carbocycles. The quantitative estimate of drug-likeness (QED) is 0.865. The van der Waals surface area contributed by atoms with Crippen molar-refractivity contribution in [3.8, 4) is 6.07 Å². The first-order valence-electron chi connectivity index (χ1n) is 6.09. The van der Waals surface area contributed by atoms with Crippen molar-refractivity contribution in [2.75, 3.05) is 6.54 Å². The number of aromatic nitrogens is 3. The van der Waals surface area contributed by atoms with Crippen LogP contribution in [-0.4, -0.2) is 33.2 Å². The first-order chi connectivity index (χ1) is 10.3. The fourth-order valence-electron chi connectivity index (χ4n) is 2.09. The van der Waals surface area contributed by atoms with E-state index in [0.717, 1.165) is 6.33 Å². The second-order valence-corrected chi connectivity index (χ2v) is 4.41. The Morgan fingerprint density at radius 2 is 2.23 bits per heavy atom. The summed E-state index contributed by atoms with van der Waals surface area (Å²) in [5.41, 5.74) is 0.298. The molecule has 0 spiro atoms. The maximum atomic E-state index is 12.1. The topological polar surface area (TPSA) is 104 Å². The number of carbonyl (C=O) groups excluding carboxylic acids is 1. The van der Waals surface area contributed by atoms with Gasteiger partial charge in [-0.1, -0.05) is 0 Å². The number of carbonyl (C=O) groups is 1. The summed E-state index contributed by atoms with van der Waals surface area (Å²) >= 11 is 0. The van der Waals surface area contributed by atoms with Gasteiger partial charge in [0, 0.05) is 18.8 Å². The summed E-state index contributed by atoms with van der Waals surface area (Å²) in [6.07, 6.45) is -3.83. The van der Waals surface area contributed by atoms with Crippen molar-refractivity contribution in [2.45, 2.75) is 19.6 Å². The minimum absolute atomic E-state index is 0.0813. The van der Waals surface area contributed by atoms with E-state index in [1.165, 1.54) is 4.57 Å². The lowest BCUT2D eigenvalue weighted by atomic mass is 10.2. The number of amides is 1. The molecule has 22 heavy (non-hydrogen) atoms. The number of alkyl halides is 3. The fourth-order valence-corrected chi connectivity index (χ4v) is 2.09. The largest absolute Gasteiger partial charge is 0.471 e. The van der Waals surface area contributed by atoms with Gasteiger partial charge >= 0.3 is 12.1 Å². The first kappa shape index (κ1) is 15.6. The van der Waals surface area contributed by atoms with E-state index in [1.807, 2.05) is 6.07 Å². The molecule has 0 aliphatic rings. The van der Waals surface area contributed by atoms with E-state index < -0.39 is 17.6 Å². The number of hydrogen-bond acceptors (Lipinski definition) is 4. The van der Waals surface area contributed by atoms with Gasteiger partial charge in [0.15, 0.2) is 0 Å². The predicted octanol–water partition coefficient (Wildman–Crippen LogP) is 0.583. The van der Waals surface area contributed by atoms with Crippen LogP contribution in [0, 0.1) is 18.3 Å². The maximum absolute atomic E-state index is 12.1. The molecule has 0 aromatic carbocycles. The second kappa shape index (κ2) is 5.51. The number of aromatic amines is 1. The van der Waals surface area contributed by atoms with Crippen LogP contribution in [0.25, 0.3) is 11.0 Å². The highest BCUT2D eigenvalue weighted by molar-refractivity contribution is 5.83.